The summed E-state index contributed by atoms with van der Waals surface area (Å²) in [6.07, 6.45) is 0. The van der Waals surface area contributed by atoms with Crippen LogP contribution in [-0.2, 0) is 0 Å². The molecule has 0 radical (unpaired) electrons. The predicted molar refractivity (Wildman–Crippen MR) is 45.1 cm³/mol. The van der Waals surface area contributed by atoms with Crippen LogP contribution in [0.15, 0.2) is 0 Å². The average Bonchev–Trinajstić information content (AvgIpc) is 1.84. The summed E-state index contributed by atoms with van der Waals surface area (Å²) < 4.78 is -0.174. The third-order valence-corrected chi connectivity index (χ3v) is 6.00. The SMILES string of the molecule is CC1(C)C(C)(C)C1(Cl)Br. The van der Waals surface area contributed by atoms with E-state index in [0.717, 1.165) is 0 Å². The zero-order valence-electron chi connectivity index (χ0n) is 6.26. The van der Waals surface area contributed by atoms with Crippen molar-refractivity contribution in [2.75, 3.05) is 0 Å². The van der Waals surface area contributed by atoms with Gasteiger partial charge in [0.1, 0.15) is 3.78 Å². The number of alkyl halides is 2. The Bertz CT molecular complexity index is 106. The molecule has 0 bridgehead atoms. The lowest BCUT2D eigenvalue weighted by Gasteiger charge is -2.02. The van der Waals surface area contributed by atoms with Crippen LogP contribution in [0.4, 0.5) is 0 Å². The molecule has 1 aliphatic rings. The van der Waals surface area contributed by atoms with Crippen LogP contribution in [0.5, 0.6) is 0 Å². The average molecular weight is 212 g/mol. The molecule has 0 aromatic heterocycles. The molecule has 0 atom stereocenters. The molecule has 1 rings (SSSR count). The minimum atomic E-state index is -0.174. The van der Waals surface area contributed by atoms with Crippen molar-refractivity contribution in [1.29, 1.82) is 0 Å². The van der Waals surface area contributed by atoms with Crippen molar-refractivity contribution in [3.8, 4) is 0 Å². The molecule has 1 saturated carbocycles. The maximum Gasteiger partial charge on any atom is 0.110 e. The smallest absolute Gasteiger partial charge is 0.106 e. The first kappa shape index (κ1) is 7.87. The molecule has 1 fully saturated rings. The van der Waals surface area contributed by atoms with Crippen LogP contribution in [0.1, 0.15) is 27.7 Å². The Morgan fingerprint density at radius 2 is 1.11 bits per heavy atom. The second kappa shape index (κ2) is 1.50. The quantitative estimate of drug-likeness (QED) is 0.539. The van der Waals surface area contributed by atoms with Crippen molar-refractivity contribution in [2.45, 2.75) is 31.5 Å². The molecule has 0 saturated heterocycles. The standard InChI is InChI=1S/C7H12BrCl/c1-5(2)6(3,4)7(5,8)9/h1-4H3. The van der Waals surface area contributed by atoms with Gasteiger partial charge in [-0.05, 0) is 0 Å². The molecule has 0 heterocycles. The molecule has 0 nitrogen and oxygen atoms in total. The molecule has 0 amide bonds. The number of rotatable bonds is 0. The van der Waals surface area contributed by atoms with Gasteiger partial charge < -0.3 is 0 Å². The largest absolute Gasteiger partial charge is 0.110 e. The van der Waals surface area contributed by atoms with E-state index in [1.54, 1.807) is 0 Å². The Morgan fingerprint density at radius 3 is 1.11 bits per heavy atom. The van der Waals surface area contributed by atoms with E-state index in [1.165, 1.54) is 0 Å². The third-order valence-electron chi connectivity index (χ3n) is 3.07. The van der Waals surface area contributed by atoms with Gasteiger partial charge in [-0.25, -0.2) is 0 Å². The molecular formula is C7H12BrCl. The van der Waals surface area contributed by atoms with E-state index in [4.69, 9.17) is 11.6 Å². The van der Waals surface area contributed by atoms with Crippen molar-refractivity contribution < 1.29 is 0 Å². The van der Waals surface area contributed by atoms with Crippen LogP contribution in [0.3, 0.4) is 0 Å². The fourth-order valence-corrected chi connectivity index (χ4v) is 2.49. The van der Waals surface area contributed by atoms with Gasteiger partial charge in [-0.2, -0.15) is 0 Å². The third kappa shape index (κ3) is 0.605. The highest BCUT2D eigenvalue weighted by Crippen LogP contribution is 2.78. The van der Waals surface area contributed by atoms with E-state index in [2.05, 4.69) is 43.6 Å². The van der Waals surface area contributed by atoms with Gasteiger partial charge >= 0.3 is 0 Å². The van der Waals surface area contributed by atoms with Gasteiger partial charge in [0.15, 0.2) is 0 Å². The second-order valence-electron chi connectivity index (χ2n) is 3.82. The van der Waals surface area contributed by atoms with Crippen molar-refractivity contribution in [3.05, 3.63) is 0 Å². The van der Waals surface area contributed by atoms with E-state index < -0.39 is 0 Å². The number of hydrogen-bond acceptors (Lipinski definition) is 0. The van der Waals surface area contributed by atoms with Gasteiger partial charge in [0.05, 0.1) is 0 Å². The minimum absolute atomic E-state index is 0.174. The van der Waals surface area contributed by atoms with E-state index in [1.807, 2.05) is 0 Å². The molecule has 1 aliphatic carbocycles. The lowest BCUT2D eigenvalue weighted by Crippen LogP contribution is -1.95. The minimum Gasteiger partial charge on any atom is -0.106 e. The summed E-state index contributed by atoms with van der Waals surface area (Å²) in [5.41, 5.74) is 0.448. The van der Waals surface area contributed by atoms with E-state index in [0.29, 0.717) is 0 Å². The van der Waals surface area contributed by atoms with E-state index in [9.17, 15) is 0 Å². The van der Waals surface area contributed by atoms with Gasteiger partial charge in [0, 0.05) is 10.8 Å². The first-order valence-electron chi connectivity index (χ1n) is 3.13. The Morgan fingerprint density at radius 1 is 1.00 bits per heavy atom. The topological polar surface area (TPSA) is 0 Å². The van der Waals surface area contributed by atoms with Gasteiger partial charge in [0.25, 0.3) is 0 Å². The summed E-state index contributed by atoms with van der Waals surface area (Å²) in [6, 6.07) is 0. The monoisotopic (exact) mass is 210 g/mol. The molecule has 0 unspecified atom stereocenters. The first-order chi connectivity index (χ1) is 3.75. The first-order valence-corrected chi connectivity index (χ1v) is 4.30. The van der Waals surface area contributed by atoms with Crippen molar-refractivity contribution in [1.82, 2.24) is 0 Å². The highest BCUT2D eigenvalue weighted by molar-refractivity contribution is 9.10. The van der Waals surface area contributed by atoms with Crippen LogP contribution in [-0.4, -0.2) is 3.78 Å². The van der Waals surface area contributed by atoms with E-state index in [-0.39, 0.29) is 14.6 Å². The Kier molecular flexibility index (Phi) is 1.31. The molecule has 0 N–H and O–H groups in total. The molecule has 0 aliphatic heterocycles. The fourth-order valence-electron chi connectivity index (χ4n) is 1.18. The van der Waals surface area contributed by atoms with Gasteiger partial charge in [-0.15, -0.1) is 11.6 Å². The molecular weight excluding hydrogens is 199 g/mol. The summed E-state index contributed by atoms with van der Waals surface area (Å²) in [4.78, 5) is 0. The normalized spacial score (nSPS) is 34.0. The molecule has 54 valence electrons. The van der Waals surface area contributed by atoms with Crippen LogP contribution in [0.2, 0.25) is 0 Å². The molecule has 0 aromatic carbocycles. The van der Waals surface area contributed by atoms with E-state index >= 15 is 0 Å². The lowest BCUT2D eigenvalue weighted by molar-refractivity contribution is 0.457. The Hall–Kier alpha value is 0.770. The summed E-state index contributed by atoms with van der Waals surface area (Å²) in [5.74, 6) is 0. The summed E-state index contributed by atoms with van der Waals surface area (Å²) in [5, 5.41) is 0. The van der Waals surface area contributed by atoms with Crippen LogP contribution in [0, 0.1) is 10.8 Å². The summed E-state index contributed by atoms with van der Waals surface area (Å²) >= 11 is 9.64. The maximum atomic E-state index is 6.14. The predicted octanol–water partition coefficient (Wildman–Crippen LogP) is 3.38. The fraction of sp³-hybridized carbons (Fsp3) is 1.00. The Labute approximate surface area is 70.1 Å². The van der Waals surface area contributed by atoms with Crippen LogP contribution in [0.25, 0.3) is 0 Å². The van der Waals surface area contributed by atoms with Gasteiger partial charge in [-0.3, -0.25) is 0 Å². The van der Waals surface area contributed by atoms with Gasteiger partial charge in [0.2, 0.25) is 0 Å². The van der Waals surface area contributed by atoms with Gasteiger partial charge in [-0.1, -0.05) is 43.6 Å². The second-order valence-corrected chi connectivity index (χ2v) is 6.04. The van der Waals surface area contributed by atoms with Crippen molar-refractivity contribution in [2.24, 2.45) is 10.8 Å². The van der Waals surface area contributed by atoms with Crippen molar-refractivity contribution >= 4 is 27.5 Å². The van der Waals surface area contributed by atoms with Crippen molar-refractivity contribution in [3.63, 3.8) is 0 Å². The zero-order chi connectivity index (χ0) is 7.50. The Balaban J connectivity index is 2.91. The number of hydrogen-bond donors (Lipinski definition) is 0. The molecule has 0 aromatic rings. The molecule has 9 heavy (non-hydrogen) atoms. The molecule has 2 heteroatoms. The summed E-state index contributed by atoms with van der Waals surface area (Å²) in [7, 11) is 0. The van der Waals surface area contributed by atoms with Crippen LogP contribution >= 0.6 is 27.5 Å². The number of halogens is 2. The highest BCUT2D eigenvalue weighted by atomic mass is 79.9. The zero-order valence-corrected chi connectivity index (χ0v) is 8.60. The lowest BCUT2D eigenvalue weighted by atomic mass is 10.0. The summed E-state index contributed by atoms with van der Waals surface area (Å²) in [6.45, 7) is 8.70. The maximum absolute atomic E-state index is 6.14. The highest BCUT2D eigenvalue weighted by Gasteiger charge is 2.75. The van der Waals surface area contributed by atoms with Crippen LogP contribution < -0.4 is 0 Å². The molecule has 0 spiro atoms.